The molecule has 2 unspecified atom stereocenters. The number of nitrogens with zero attached hydrogens (tertiary/aromatic N) is 1. The number of amides is 3. The molecule has 1 aliphatic heterocycles. The van der Waals surface area contributed by atoms with Gasteiger partial charge in [-0.15, -0.1) is 0 Å². The molecule has 2 aromatic rings. The quantitative estimate of drug-likeness (QED) is 0.774. The van der Waals surface area contributed by atoms with Gasteiger partial charge in [-0.25, -0.2) is 9.79 Å². The smallest absolute Gasteiger partial charge is 0.328 e. The molecule has 2 N–H and O–H groups in total. The number of rotatable bonds is 3. The number of benzene rings is 2. The Hall–Kier alpha value is -2.47. The average molecular weight is 414 g/mol. The summed E-state index contributed by atoms with van der Waals surface area (Å²) in [4.78, 5) is 28.9. The molecule has 1 aliphatic rings. The first kappa shape index (κ1) is 18.3. The number of anilines is 1. The zero-order chi connectivity index (χ0) is 18.8. The highest BCUT2D eigenvalue weighted by Gasteiger charge is 2.36. The number of nitrogens with one attached hydrogen (secondary N) is 2. The van der Waals surface area contributed by atoms with Gasteiger partial charge in [0.15, 0.2) is 0 Å². The molecular formula is C20H20BrN3O2. The molecule has 3 amide bonds. The van der Waals surface area contributed by atoms with Gasteiger partial charge in [-0.1, -0.05) is 40.2 Å². The van der Waals surface area contributed by atoms with Crippen molar-refractivity contribution in [3.63, 3.8) is 0 Å². The van der Waals surface area contributed by atoms with Crippen molar-refractivity contribution in [3.8, 4) is 0 Å². The molecule has 3 rings (SSSR count). The Balaban J connectivity index is 1.94. The molecule has 0 saturated carbocycles. The van der Waals surface area contributed by atoms with Gasteiger partial charge in [0.1, 0.15) is 5.92 Å². The van der Waals surface area contributed by atoms with Gasteiger partial charge in [-0.3, -0.25) is 4.79 Å². The Kier molecular flexibility index (Phi) is 5.23. The molecule has 5 nitrogen and oxygen atoms in total. The van der Waals surface area contributed by atoms with Gasteiger partial charge in [0, 0.05) is 15.9 Å². The fourth-order valence-electron chi connectivity index (χ4n) is 3.10. The third-order valence-corrected chi connectivity index (χ3v) is 5.24. The second-order valence-electron chi connectivity index (χ2n) is 6.45. The van der Waals surface area contributed by atoms with Gasteiger partial charge < -0.3 is 10.6 Å². The number of carbonyl (C=O) groups excluding carboxylic acids is 2. The lowest BCUT2D eigenvalue weighted by Gasteiger charge is -2.30. The molecule has 6 heteroatoms. The van der Waals surface area contributed by atoms with E-state index in [0.717, 1.165) is 26.9 Å². The molecule has 0 aromatic heterocycles. The molecule has 2 aromatic carbocycles. The maximum atomic E-state index is 13.0. The fraction of sp³-hybridized carbons (Fsp3) is 0.250. The average Bonchev–Trinajstić information content (AvgIpc) is 2.59. The van der Waals surface area contributed by atoms with E-state index in [-0.39, 0.29) is 5.91 Å². The van der Waals surface area contributed by atoms with Gasteiger partial charge in [0.05, 0.1) is 6.04 Å². The van der Waals surface area contributed by atoms with Crippen molar-refractivity contribution >= 4 is 39.3 Å². The van der Waals surface area contributed by atoms with Crippen LogP contribution in [0.5, 0.6) is 0 Å². The van der Waals surface area contributed by atoms with Crippen LogP contribution >= 0.6 is 15.9 Å². The first-order chi connectivity index (χ1) is 12.4. The van der Waals surface area contributed by atoms with E-state index in [2.05, 4.69) is 31.6 Å². The van der Waals surface area contributed by atoms with Crippen LogP contribution in [0, 0.1) is 19.8 Å². The van der Waals surface area contributed by atoms with E-state index in [9.17, 15) is 9.59 Å². The van der Waals surface area contributed by atoms with Crippen LogP contribution in [-0.2, 0) is 4.79 Å². The van der Waals surface area contributed by atoms with Crippen molar-refractivity contribution in [2.75, 3.05) is 5.32 Å². The maximum Gasteiger partial charge on any atom is 0.341 e. The predicted octanol–water partition coefficient (Wildman–Crippen LogP) is 4.55. The highest BCUT2D eigenvalue weighted by atomic mass is 79.9. The summed E-state index contributed by atoms with van der Waals surface area (Å²) in [5.74, 6) is -0.762. The van der Waals surface area contributed by atoms with E-state index >= 15 is 0 Å². The minimum absolute atomic E-state index is 0.187. The summed E-state index contributed by atoms with van der Waals surface area (Å²) >= 11 is 3.41. The number of hydrogen-bond donors (Lipinski definition) is 2. The number of aryl methyl sites for hydroxylation is 1. The minimum atomic E-state index is -0.575. The van der Waals surface area contributed by atoms with Gasteiger partial charge in [-0.2, -0.15) is 0 Å². The van der Waals surface area contributed by atoms with Gasteiger partial charge in [0.2, 0.25) is 5.91 Å². The number of urea groups is 1. The molecule has 0 radical (unpaired) electrons. The van der Waals surface area contributed by atoms with Crippen molar-refractivity contribution in [3.05, 3.63) is 63.6 Å². The summed E-state index contributed by atoms with van der Waals surface area (Å²) < 4.78 is 0.935. The molecule has 0 saturated heterocycles. The Morgan fingerprint density at radius 2 is 1.81 bits per heavy atom. The van der Waals surface area contributed by atoms with Crippen LogP contribution < -0.4 is 10.6 Å². The Bertz CT molecular complexity index is 890. The van der Waals surface area contributed by atoms with Crippen molar-refractivity contribution in [2.45, 2.75) is 26.8 Å². The highest BCUT2D eigenvalue weighted by Crippen LogP contribution is 2.29. The first-order valence-electron chi connectivity index (χ1n) is 8.35. The molecule has 2 atom stereocenters. The van der Waals surface area contributed by atoms with Crippen LogP contribution in [0.15, 0.2) is 51.9 Å². The van der Waals surface area contributed by atoms with Crippen molar-refractivity contribution in [1.82, 2.24) is 5.32 Å². The summed E-state index contributed by atoms with van der Waals surface area (Å²) in [5.41, 5.74) is 4.26. The SMILES string of the molecule is CC1=NC(=O)NC(c2ccc(Br)cc2)C1C(=O)Nc1cccc(C)c1C. The zero-order valence-electron chi connectivity index (χ0n) is 14.8. The van der Waals surface area contributed by atoms with Crippen LogP contribution in [-0.4, -0.2) is 17.6 Å². The number of hydrogen-bond acceptors (Lipinski definition) is 2. The Labute approximate surface area is 161 Å². The maximum absolute atomic E-state index is 13.0. The number of aliphatic imine (C=N–C) groups is 1. The van der Waals surface area contributed by atoms with Crippen LogP contribution in [0.25, 0.3) is 0 Å². The molecular weight excluding hydrogens is 394 g/mol. The van der Waals surface area contributed by atoms with E-state index < -0.39 is 18.0 Å². The second-order valence-corrected chi connectivity index (χ2v) is 7.36. The normalized spacial score (nSPS) is 19.5. The lowest BCUT2D eigenvalue weighted by atomic mass is 9.87. The van der Waals surface area contributed by atoms with Crippen LogP contribution in [0.1, 0.15) is 29.7 Å². The third-order valence-electron chi connectivity index (χ3n) is 4.71. The van der Waals surface area contributed by atoms with E-state index in [1.54, 1.807) is 6.92 Å². The molecule has 0 spiro atoms. The lowest BCUT2D eigenvalue weighted by molar-refractivity contribution is -0.118. The minimum Gasteiger partial charge on any atom is -0.328 e. The third kappa shape index (κ3) is 3.70. The highest BCUT2D eigenvalue weighted by molar-refractivity contribution is 9.10. The number of carbonyl (C=O) groups is 2. The Morgan fingerprint density at radius 3 is 2.50 bits per heavy atom. The van der Waals surface area contributed by atoms with Gasteiger partial charge in [-0.05, 0) is 55.7 Å². The van der Waals surface area contributed by atoms with E-state index in [0.29, 0.717) is 5.71 Å². The summed E-state index contributed by atoms with van der Waals surface area (Å²) in [6.07, 6.45) is 0. The zero-order valence-corrected chi connectivity index (χ0v) is 16.4. The summed E-state index contributed by atoms with van der Waals surface area (Å²) in [7, 11) is 0. The molecule has 1 heterocycles. The predicted molar refractivity (Wildman–Crippen MR) is 107 cm³/mol. The number of halogens is 1. The van der Waals surface area contributed by atoms with Crippen molar-refractivity contribution in [1.29, 1.82) is 0 Å². The molecule has 0 aliphatic carbocycles. The van der Waals surface area contributed by atoms with Crippen LogP contribution in [0.4, 0.5) is 10.5 Å². The van der Waals surface area contributed by atoms with E-state index in [4.69, 9.17) is 0 Å². The second kappa shape index (κ2) is 7.41. The van der Waals surface area contributed by atoms with Crippen molar-refractivity contribution in [2.24, 2.45) is 10.9 Å². The van der Waals surface area contributed by atoms with Crippen molar-refractivity contribution < 1.29 is 9.59 Å². The topological polar surface area (TPSA) is 70.6 Å². The van der Waals surface area contributed by atoms with E-state index in [1.807, 2.05) is 56.3 Å². The summed E-state index contributed by atoms with van der Waals surface area (Å²) in [5, 5.41) is 5.82. The first-order valence-corrected chi connectivity index (χ1v) is 9.14. The lowest BCUT2D eigenvalue weighted by Crippen LogP contribution is -2.45. The molecule has 134 valence electrons. The standard InChI is InChI=1S/C20H20BrN3O2/c1-11-5-4-6-16(12(11)2)23-19(25)17-13(3)22-20(26)24-18(17)14-7-9-15(21)10-8-14/h4-10,17-18H,1-3H3,(H,23,25)(H,24,26). The van der Waals surface area contributed by atoms with Crippen LogP contribution in [0.2, 0.25) is 0 Å². The monoisotopic (exact) mass is 413 g/mol. The molecule has 26 heavy (non-hydrogen) atoms. The molecule has 0 bridgehead atoms. The van der Waals surface area contributed by atoms with Gasteiger partial charge >= 0.3 is 6.03 Å². The summed E-state index contributed by atoms with van der Waals surface area (Å²) in [6.45, 7) is 5.70. The van der Waals surface area contributed by atoms with Crippen LogP contribution in [0.3, 0.4) is 0 Å². The van der Waals surface area contributed by atoms with Gasteiger partial charge in [0.25, 0.3) is 0 Å². The largest absolute Gasteiger partial charge is 0.341 e. The Morgan fingerprint density at radius 1 is 1.12 bits per heavy atom. The van der Waals surface area contributed by atoms with E-state index in [1.165, 1.54) is 0 Å². The fourth-order valence-corrected chi connectivity index (χ4v) is 3.37. The molecule has 0 fully saturated rings. The summed E-state index contributed by atoms with van der Waals surface area (Å²) in [6, 6.07) is 12.5.